The highest BCUT2D eigenvalue weighted by atomic mass is 19.1. The maximum absolute atomic E-state index is 12.8. The number of nitrogens with zero attached hydrogens (tertiary/aromatic N) is 1. The molecule has 2 aromatic rings. The lowest BCUT2D eigenvalue weighted by molar-refractivity contribution is -0.116. The van der Waals surface area contributed by atoms with Crippen LogP contribution in [0, 0.1) is 5.82 Å². The topological polar surface area (TPSA) is 99.5 Å². The summed E-state index contributed by atoms with van der Waals surface area (Å²) in [5.41, 5.74) is 13.3. The van der Waals surface area contributed by atoms with Crippen LogP contribution in [0.3, 0.4) is 0 Å². The zero-order valence-corrected chi connectivity index (χ0v) is 25.4. The summed E-state index contributed by atoms with van der Waals surface area (Å²) in [6.45, 7) is 11.4. The molecule has 8 heteroatoms. The van der Waals surface area contributed by atoms with E-state index in [-0.39, 0.29) is 17.8 Å². The van der Waals surface area contributed by atoms with Crippen LogP contribution in [0.15, 0.2) is 77.7 Å². The fourth-order valence-corrected chi connectivity index (χ4v) is 5.05. The van der Waals surface area contributed by atoms with Crippen LogP contribution >= 0.6 is 0 Å². The maximum atomic E-state index is 12.8. The summed E-state index contributed by atoms with van der Waals surface area (Å²) in [6, 6.07) is 12.5. The average molecular weight is 576 g/mol. The molecule has 2 aromatic carbocycles. The third-order valence-corrected chi connectivity index (χ3v) is 7.99. The molecule has 0 radical (unpaired) electrons. The van der Waals surface area contributed by atoms with Gasteiger partial charge in [0.15, 0.2) is 0 Å². The molecular formula is C34H46FN5O2. The van der Waals surface area contributed by atoms with E-state index in [1.165, 1.54) is 28.8 Å². The number of benzene rings is 2. The van der Waals surface area contributed by atoms with Crippen molar-refractivity contribution in [3.8, 4) is 0 Å². The van der Waals surface area contributed by atoms with Crippen molar-refractivity contribution in [1.29, 1.82) is 0 Å². The average Bonchev–Trinajstić information content (AvgIpc) is 3.01. The number of fused-ring (bicyclic) bond motifs is 1. The Kier molecular flexibility index (Phi) is 12.8. The third kappa shape index (κ3) is 10.2. The van der Waals surface area contributed by atoms with Crippen LogP contribution in [0.2, 0.25) is 0 Å². The molecule has 42 heavy (non-hydrogen) atoms. The van der Waals surface area contributed by atoms with Crippen molar-refractivity contribution in [2.24, 2.45) is 5.73 Å². The Labute approximate surface area is 250 Å². The van der Waals surface area contributed by atoms with Crippen LogP contribution in [0.1, 0.15) is 76.0 Å². The van der Waals surface area contributed by atoms with E-state index in [0.717, 1.165) is 54.9 Å². The van der Waals surface area contributed by atoms with Gasteiger partial charge in [-0.3, -0.25) is 4.79 Å². The third-order valence-electron chi connectivity index (χ3n) is 7.99. The summed E-state index contributed by atoms with van der Waals surface area (Å²) in [5.74, 6) is 0.251. The number of carbonyl (C=O) groups excluding carboxylic acids is 2. The van der Waals surface area contributed by atoms with Crippen LogP contribution in [-0.2, 0) is 17.8 Å². The molecule has 0 atom stereocenters. The largest absolute Gasteiger partial charge is 0.365 e. The highest BCUT2D eigenvalue weighted by Crippen LogP contribution is 2.28. The fourth-order valence-electron chi connectivity index (χ4n) is 5.05. The Bertz CT molecular complexity index is 1290. The molecule has 2 heterocycles. The zero-order chi connectivity index (χ0) is 30.5. The monoisotopic (exact) mass is 575 g/mol. The van der Waals surface area contributed by atoms with Gasteiger partial charge in [-0.2, -0.15) is 0 Å². The minimum Gasteiger partial charge on any atom is -0.365 e. The van der Waals surface area contributed by atoms with Crippen molar-refractivity contribution >= 4 is 17.6 Å². The second-order valence-electron chi connectivity index (χ2n) is 10.9. The molecule has 226 valence electrons. The molecule has 5 N–H and O–H groups in total. The zero-order valence-electron chi connectivity index (χ0n) is 25.4. The number of urea groups is 1. The van der Waals surface area contributed by atoms with E-state index >= 15 is 0 Å². The first-order valence-corrected chi connectivity index (χ1v) is 14.8. The van der Waals surface area contributed by atoms with Crippen LogP contribution in [0.4, 0.5) is 14.9 Å². The van der Waals surface area contributed by atoms with Gasteiger partial charge in [-0.1, -0.05) is 35.9 Å². The summed E-state index contributed by atoms with van der Waals surface area (Å²) < 4.78 is 12.8. The summed E-state index contributed by atoms with van der Waals surface area (Å²) in [6.07, 6.45) is 10.1. The number of piperidine rings is 1. The van der Waals surface area contributed by atoms with Crippen molar-refractivity contribution in [2.75, 3.05) is 25.0 Å². The Morgan fingerprint density at radius 2 is 1.74 bits per heavy atom. The molecule has 0 saturated carbocycles. The highest BCUT2D eigenvalue weighted by Gasteiger charge is 2.22. The van der Waals surface area contributed by atoms with Gasteiger partial charge in [-0.25, -0.2) is 9.18 Å². The Morgan fingerprint density at radius 1 is 1.02 bits per heavy atom. The van der Waals surface area contributed by atoms with Gasteiger partial charge in [-0.05, 0) is 112 Å². The van der Waals surface area contributed by atoms with Crippen LogP contribution < -0.4 is 21.7 Å². The minimum absolute atomic E-state index is 0.0475. The van der Waals surface area contributed by atoms with E-state index in [9.17, 15) is 14.0 Å². The molecule has 3 amide bonds. The quantitative estimate of drug-likeness (QED) is 0.270. The van der Waals surface area contributed by atoms with Crippen LogP contribution in [0.5, 0.6) is 0 Å². The number of rotatable bonds is 8. The number of likely N-dealkylation sites (tertiary alicyclic amines) is 1. The number of nitrogens with two attached hydrogens (primary N) is 1. The number of nitrogens with one attached hydrogen (secondary N) is 3. The summed E-state index contributed by atoms with van der Waals surface area (Å²) in [7, 11) is 0. The lowest BCUT2D eigenvalue weighted by atomic mass is 9.89. The number of anilines is 1. The summed E-state index contributed by atoms with van der Waals surface area (Å²) in [5, 5.41) is 9.68. The second-order valence-corrected chi connectivity index (χ2v) is 10.9. The molecule has 1 fully saturated rings. The molecule has 2 aliphatic rings. The van der Waals surface area contributed by atoms with Gasteiger partial charge in [-0.15, -0.1) is 0 Å². The first-order chi connectivity index (χ1) is 20.2. The van der Waals surface area contributed by atoms with E-state index in [0.29, 0.717) is 31.8 Å². The van der Waals surface area contributed by atoms with Crippen LogP contribution in [-0.4, -0.2) is 36.5 Å². The normalized spacial score (nSPS) is 16.2. The highest BCUT2D eigenvalue weighted by molar-refractivity contribution is 5.91. The summed E-state index contributed by atoms with van der Waals surface area (Å²) in [4.78, 5) is 25.0. The van der Waals surface area contributed by atoms with Gasteiger partial charge < -0.3 is 26.6 Å². The molecule has 1 saturated heterocycles. The Balaban J connectivity index is 0.000000258. The number of primary amides is 1. The van der Waals surface area contributed by atoms with Gasteiger partial charge in [0.2, 0.25) is 5.91 Å². The Hall–Kier alpha value is -3.91. The Morgan fingerprint density at radius 3 is 2.38 bits per heavy atom. The number of halogens is 1. The SMILES string of the molecule is C/C=C(\C)N/C=C(CCC(=O)Nc1ccc2c(c1)CNCC2)\C(C)=C\C.NC(=O)N1CCC(c2ccc(F)cc2)CC1. The maximum Gasteiger partial charge on any atom is 0.314 e. The standard InChI is InChI=1S/C22H31N3O.C12H15FN2O/c1-5-16(3)19(15-24-17(4)6-2)8-10-22(26)25-21-9-7-18-11-12-23-14-20(18)13-21;13-11-3-1-9(2-4-11)10-5-7-15(8-6-10)12(14)16/h5-7,9,13,15,23-24H,8,10-12,14H2,1-4H3,(H,25,26);1-4,10H,5-8H2,(H2,14,16)/b16-5+,17-6+,19-15-;. The first kappa shape index (κ1) is 32.6. The number of hydrogen-bond donors (Lipinski definition) is 4. The van der Waals surface area contributed by atoms with E-state index in [1.54, 1.807) is 4.90 Å². The molecular weight excluding hydrogens is 529 g/mol. The number of hydrogen-bond acceptors (Lipinski definition) is 4. The number of carbonyl (C=O) groups is 2. The molecule has 7 nitrogen and oxygen atoms in total. The lowest BCUT2D eigenvalue weighted by Gasteiger charge is -2.30. The number of allylic oxidation sites excluding steroid dienone is 5. The van der Waals surface area contributed by atoms with E-state index in [4.69, 9.17) is 5.73 Å². The van der Waals surface area contributed by atoms with Gasteiger partial charge in [0, 0.05) is 43.6 Å². The van der Waals surface area contributed by atoms with E-state index in [1.807, 2.05) is 51.2 Å². The molecule has 0 unspecified atom stereocenters. The molecule has 0 aliphatic carbocycles. The van der Waals surface area contributed by atoms with E-state index < -0.39 is 0 Å². The van der Waals surface area contributed by atoms with Crippen LogP contribution in [0.25, 0.3) is 0 Å². The van der Waals surface area contributed by atoms with Gasteiger partial charge in [0.05, 0.1) is 0 Å². The van der Waals surface area contributed by atoms with Gasteiger partial charge in [0.25, 0.3) is 0 Å². The first-order valence-electron chi connectivity index (χ1n) is 14.8. The molecule has 0 bridgehead atoms. The molecule has 4 rings (SSSR count). The summed E-state index contributed by atoms with van der Waals surface area (Å²) >= 11 is 0. The smallest absolute Gasteiger partial charge is 0.314 e. The van der Waals surface area contributed by atoms with Crippen molar-refractivity contribution in [3.63, 3.8) is 0 Å². The predicted octanol–water partition coefficient (Wildman–Crippen LogP) is 6.50. The van der Waals surface area contributed by atoms with E-state index in [2.05, 4.69) is 41.1 Å². The van der Waals surface area contributed by atoms with Crippen molar-refractivity contribution < 1.29 is 14.0 Å². The van der Waals surface area contributed by atoms with Gasteiger partial charge in [0.1, 0.15) is 5.82 Å². The number of amides is 3. The van der Waals surface area contributed by atoms with Gasteiger partial charge >= 0.3 is 6.03 Å². The minimum atomic E-state index is -0.349. The lowest BCUT2D eigenvalue weighted by Crippen LogP contribution is -2.41. The van der Waals surface area contributed by atoms with Crippen molar-refractivity contribution in [3.05, 3.63) is 100 Å². The molecule has 0 spiro atoms. The second kappa shape index (κ2) is 16.5. The van der Waals surface area contributed by atoms with Crippen molar-refractivity contribution in [1.82, 2.24) is 15.5 Å². The molecule has 0 aromatic heterocycles. The molecule has 2 aliphatic heterocycles. The van der Waals surface area contributed by atoms with Crippen molar-refractivity contribution in [2.45, 2.75) is 72.3 Å². The fraction of sp³-hybridized carbons (Fsp3) is 0.412. The predicted molar refractivity (Wildman–Crippen MR) is 169 cm³/mol.